The van der Waals surface area contributed by atoms with Gasteiger partial charge in [0.2, 0.25) is 5.91 Å². The number of benzene rings is 2. The number of rotatable bonds is 6. The van der Waals surface area contributed by atoms with Gasteiger partial charge in [0, 0.05) is 25.7 Å². The summed E-state index contributed by atoms with van der Waals surface area (Å²) in [4.78, 5) is 15.6. The van der Waals surface area contributed by atoms with Crippen LogP contribution in [-0.2, 0) is 11.3 Å². The molecule has 0 unspecified atom stereocenters. The lowest BCUT2D eigenvalue weighted by Gasteiger charge is -2.13. The number of amides is 1. The molecule has 3 N–H and O–H groups in total. The quantitative estimate of drug-likeness (QED) is 0.435. The van der Waals surface area contributed by atoms with Gasteiger partial charge in [-0.15, -0.1) is 0 Å². The van der Waals surface area contributed by atoms with E-state index >= 15 is 0 Å². The van der Waals surface area contributed by atoms with Gasteiger partial charge in [-0.1, -0.05) is 48.0 Å². The summed E-state index contributed by atoms with van der Waals surface area (Å²) in [7, 11) is 0. The van der Waals surface area contributed by atoms with E-state index in [1.54, 1.807) is 0 Å². The summed E-state index contributed by atoms with van der Waals surface area (Å²) < 4.78 is 0. The fraction of sp³-hybridized carbons (Fsp3) is 0.263. The minimum atomic E-state index is -0.0361. The fourth-order valence-corrected chi connectivity index (χ4v) is 2.08. The second kappa shape index (κ2) is 9.35. The lowest BCUT2D eigenvalue weighted by atomic mass is 10.1. The molecule has 0 aliphatic rings. The van der Waals surface area contributed by atoms with Crippen LogP contribution < -0.4 is 16.0 Å². The molecule has 0 saturated heterocycles. The van der Waals surface area contributed by atoms with Gasteiger partial charge in [0.15, 0.2) is 5.96 Å². The number of anilines is 1. The van der Waals surface area contributed by atoms with Crippen molar-refractivity contribution in [2.24, 2.45) is 4.99 Å². The number of carbonyl (C=O) groups is 1. The number of carbonyl (C=O) groups excluding carboxylic acids is 1. The molecule has 2 rings (SSSR count). The van der Waals surface area contributed by atoms with E-state index in [1.807, 2.05) is 30.3 Å². The number of para-hydroxylation sites is 1. The van der Waals surface area contributed by atoms with Gasteiger partial charge in [0.25, 0.3) is 0 Å². The molecule has 0 heterocycles. The average Bonchev–Trinajstić information content (AvgIpc) is 2.58. The molecule has 0 saturated carbocycles. The molecule has 0 fully saturated rings. The Morgan fingerprint density at radius 2 is 1.62 bits per heavy atom. The van der Waals surface area contributed by atoms with E-state index in [1.165, 1.54) is 12.5 Å². The number of nitrogens with zero attached hydrogens (tertiary/aromatic N) is 1. The van der Waals surface area contributed by atoms with E-state index in [2.05, 4.69) is 52.1 Å². The van der Waals surface area contributed by atoms with Gasteiger partial charge in [0.1, 0.15) is 0 Å². The van der Waals surface area contributed by atoms with Crippen molar-refractivity contribution in [1.82, 2.24) is 10.6 Å². The second-order valence-corrected chi connectivity index (χ2v) is 5.55. The van der Waals surface area contributed by atoms with E-state index in [9.17, 15) is 4.79 Å². The Balaban J connectivity index is 1.98. The molecule has 0 radical (unpaired) electrons. The first-order valence-corrected chi connectivity index (χ1v) is 8.04. The van der Waals surface area contributed by atoms with Crippen LogP contribution in [0.3, 0.4) is 0 Å². The van der Waals surface area contributed by atoms with Crippen molar-refractivity contribution in [1.29, 1.82) is 0 Å². The first-order valence-electron chi connectivity index (χ1n) is 8.04. The monoisotopic (exact) mass is 324 g/mol. The van der Waals surface area contributed by atoms with Crippen molar-refractivity contribution in [3.05, 3.63) is 65.7 Å². The largest absolute Gasteiger partial charge is 0.355 e. The molecule has 0 spiro atoms. The zero-order valence-corrected chi connectivity index (χ0v) is 14.2. The minimum Gasteiger partial charge on any atom is -0.355 e. The normalized spacial score (nSPS) is 11.0. The first-order chi connectivity index (χ1) is 11.6. The molecule has 24 heavy (non-hydrogen) atoms. The van der Waals surface area contributed by atoms with Gasteiger partial charge in [-0.3, -0.25) is 4.79 Å². The van der Waals surface area contributed by atoms with Crippen LogP contribution in [0.15, 0.2) is 59.6 Å². The van der Waals surface area contributed by atoms with Gasteiger partial charge in [-0.25, -0.2) is 4.99 Å². The first kappa shape index (κ1) is 17.5. The number of nitrogens with one attached hydrogen (secondary N) is 3. The Labute approximate surface area is 143 Å². The Morgan fingerprint density at radius 1 is 0.958 bits per heavy atom. The fourth-order valence-electron chi connectivity index (χ4n) is 2.08. The van der Waals surface area contributed by atoms with Gasteiger partial charge < -0.3 is 16.0 Å². The summed E-state index contributed by atoms with van der Waals surface area (Å²) in [5.41, 5.74) is 3.35. The van der Waals surface area contributed by atoms with Gasteiger partial charge in [-0.2, -0.15) is 0 Å². The Kier molecular flexibility index (Phi) is 6.83. The summed E-state index contributed by atoms with van der Waals surface area (Å²) in [6, 6.07) is 18.2. The third-order valence-electron chi connectivity index (χ3n) is 3.37. The minimum absolute atomic E-state index is 0.0361. The number of aryl methyl sites for hydroxylation is 1. The zero-order chi connectivity index (χ0) is 17.2. The van der Waals surface area contributed by atoms with E-state index in [0.717, 1.165) is 11.3 Å². The van der Waals surface area contributed by atoms with Crippen molar-refractivity contribution in [3.63, 3.8) is 0 Å². The molecule has 0 aromatic heterocycles. The maximum absolute atomic E-state index is 10.9. The van der Waals surface area contributed by atoms with Crippen LogP contribution in [0.25, 0.3) is 0 Å². The molecule has 0 atom stereocenters. The lowest BCUT2D eigenvalue weighted by Crippen LogP contribution is -2.37. The molecule has 0 aliphatic carbocycles. The van der Waals surface area contributed by atoms with Crippen LogP contribution in [0.5, 0.6) is 0 Å². The summed E-state index contributed by atoms with van der Waals surface area (Å²) >= 11 is 0. The highest BCUT2D eigenvalue weighted by Crippen LogP contribution is 2.07. The van der Waals surface area contributed by atoms with Crippen LogP contribution in [0.1, 0.15) is 18.1 Å². The van der Waals surface area contributed by atoms with E-state index in [-0.39, 0.29) is 5.91 Å². The van der Waals surface area contributed by atoms with Crippen molar-refractivity contribution in [3.8, 4) is 0 Å². The highest BCUT2D eigenvalue weighted by molar-refractivity contribution is 5.93. The predicted octanol–water partition coefficient (Wildman–Crippen LogP) is 2.69. The topological polar surface area (TPSA) is 65.5 Å². The zero-order valence-electron chi connectivity index (χ0n) is 14.2. The number of aliphatic imine (C=N–C) groups is 1. The average molecular weight is 324 g/mol. The van der Waals surface area contributed by atoms with E-state index in [4.69, 9.17) is 0 Å². The van der Waals surface area contributed by atoms with Crippen molar-refractivity contribution in [2.75, 3.05) is 18.4 Å². The Hall–Kier alpha value is -2.82. The Bertz CT molecular complexity index is 666. The van der Waals surface area contributed by atoms with Gasteiger partial charge in [0.05, 0.1) is 6.54 Å². The molecule has 2 aromatic carbocycles. The van der Waals surface area contributed by atoms with Crippen molar-refractivity contribution >= 4 is 17.6 Å². The van der Waals surface area contributed by atoms with E-state index < -0.39 is 0 Å². The molecular weight excluding hydrogens is 300 g/mol. The molecule has 0 bridgehead atoms. The third-order valence-corrected chi connectivity index (χ3v) is 3.37. The maximum atomic E-state index is 10.9. The summed E-state index contributed by atoms with van der Waals surface area (Å²) in [6.45, 7) is 5.32. The summed E-state index contributed by atoms with van der Waals surface area (Å²) in [5, 5.41) is 9.26. The Morgan fingerprint density at radius 3 is 2.29 bits per heavy atom. The summed E-state index contributed by atoms with van der Waals surface area (Å²) in [6.07, 6.45) is 0. The van der Waals surface area contributed by atoms with Crippen LogP contribution in [0.2, 0.25) is 0 Å². The molecule has 5 nitrogen and oxygen atoms in total. The second-order valence-electron chi connectivity index (χ2n) is 5.55. The lowest BCUT2D eigenvalue weighted by molar-refractivity contribution is -0.118. The molecule has 5 heteroatoms. The SMILES string of the molecule is CC(=O)NCCNC(=NCc1ccc(C)cc1)Nc1ccccc1. The smallest absolute Gasteiger partial charge is 0.216 e. The molecule has 2 aromatic rings. The van der Waals surface area contributed by atoms with Crippen molar-refractivity contribution < 1.29 is 4.79 Å². The van der Waals surface area contributed by atoms with Crippen LogP contribution in [0.4, 0.5) is 5.69 Å². The maximum Gasteiger partial charge on any atom is 0.216 e. The third kappa shape index (κ3) is 6.52. The molecule has 126 valence electrons. The number of hydrogen-bond acceptors (Lipinski definition) is 2. The molecule has 0 aliphatic heterocycles. The van der Waals surface area contributed by atoms with E-state index in [0.29, 0.717) is 25.6 Å². The highest BCUT2D eigenvalue weighted by Gasteiger charge is 2.00. The highest BCUT2D eigenvalue weighted by atomic mass is 16.1. The number of hydrogen-bond donors (Lipinski definition) is 3. The molecule has 1 amide bonds. The summed E-state index contributed by atoms with van der Waals surface area (Å²) in [5.74, 6) is 0.651. The van der Waals surface area contributed by atoms with Crippen LogP contribution in [0, 0.1) is 6.92 Å². The standard InChI is InChI=1S/C19H24N4O/c1-15-8-10-17(11-9-15)14-22-19(21-13-12-20-16(2)24)23-18-6-4-3-5-7-18/h3-11H,12-14H2,1-2H3,(H,20,24)(H2,21,22,23). The molecular formula is C19H24N4O. The predicted molar refractivity (Wildman–Crippen MR) is 99.1 cm³/mol. The number of guanidine groups is 1. The van der Waals surface area contributed by atoms with Gasteiger partial charge >= 0.3 is 0 Å². The van der Waals surface area contributed by atoms with Gasteiger partial charge in [-0.05, 0) is 24.6 Å². The van der Waals surface area contributed by atoms with Crippen LogP contribution >= 0.6 is 0 Å². The van der Waals surface area contributed by atoms with Crippen molar-refractivity contribution in [2.45, 2.75) is 20.4 Å². The van der Waals surface area contributed by atoms with Crippen LogP contribution in [-0.4, -0.2) is 25.0 Å².